The van der Waals surface area contributed by atoms with Gasteiger partial charge in [-0.25, -0.2) is 9.78 Å². The topological polar surface area (TPSA) is 238 Å². The van der Waals surface area contributed by atoms with Crippen LogP contribution in [-0.2, 0) is 107 Å². The standard InChI is InChI=1S/3C30H29N2.C6H5NO2.C5H8NO2.C5H12O4.3Ir/c3*1-29(2,3)20-12-14-22-24(16-20)25-17-21(30(4,5)6)13-15-23(25)28-27(22)31-18-26(32-28)19-10-8-7-9-11-19;8-6(9)5-3-1-2-4-7-5;7-5(8)4-2-1-3-6-4;1-8-4(6)3-5(7)9-2;;;/h3*7-13,15-18H,1-6H3;1-4H,(H,8,9);4H,1-3H2,(H,7,8);4-7H,3H2,1-2H3;;;/q3*-1;;-1;;;;. The number of rotatable bonds is 9. The van der Waals surface area contributed by atoms with Gasteiger partial charge in [0.1, 0.15) is 5.69 Å². The number of carbonyl (C=O) groups is 2. The van der Waals surface area contributed by atoms with Gasteiger partial charge in [-0.1, -0.05) is 321 Å². The number of ether oxygens (including phenoxy) is 2. The normalized spacial score (nSPS) is 13.4. The van der Waals surface area contributed by atoms with E-state index in [1.807, 2.05) is 73.2 Å². The minimum absolute atomic E-state index is 0. The van der Waals surface area contributed by atoms with Crippen molar-refractivity contribution in [1.29, 1.82) is 0 Å². The summed E-state index contributed by atoms with van der Waals surface area (Å²) in [7, 11) is 2.71. The number of benzene rings is 12. The average Bonchev–Trinajstić information content (AvgIpc) is 0.851. The van der Waals surface area contributed by atoms with E-state index in [1.165, 1.54) is 92.2 Å². The summed E-state index contributed by atoms with van der Waals surface area (Å²) in [4.78, 5) is 53.9. The molecule has 0 saturated carbocycles. The first-order chi connectivity index (χ1) is 57.7. The molecule has 0 amide bonds. The van der Waals surface area contributed by atoms with E-state index in [-0.39, 0.29) is 105 Å². The summed E-state index contributed by atoms with van der Waals surface area (Å²) in [5.41, 5.74) is 19.7. The fourth-order valence-corrected chi connectivity index (χ4v) is 14.5. The molecule has 1 saturated heterocycles. The first-order valence-electron chi connectivity index (χ1n) is 41.6. The van der Waals surface area contributed by atoms with E-state index in [0.29, 0.717) is 0 Å². The molecule has 3 atom stereocenters. The smallest absolute Gasteiger partial charge is 0.354 e. The Morgan fingerprint density at radius 3 is 0.912 bits per heavy atom. The zero-order valence-electron chi connectivity index (χ0n) is 74.9. The van der Waals surface area contributed by atoms with Gasteiger partial charge in [-0.3, -0.25) is 19.7 Å². The maximum atomic E-state index is 10.1. The Bertz CT molecular complexity index is 5900. The number of aliphatic carboxylic acids is 1. The minimum Gasteiger partial charge on any atom is -0.650 e. The second-order valence-electron chi connectivity index (χ2n) is 37.3. The second-order valence-corrected chi connectivity index (χ2v) is 37.3. The molecule has 3 radical (unpaired) electrons. The number of methoxy groups -OCH3 is 2. The summed E-state index contributed by atoms with van der Waals surface area (Å²) < 4.78 is 8.88. The predicted octanol–water partition coefficient (Wildman–Crippen LogP) is 24.7. The summed E-state index contributed by atoms with van der Waals surface area (Å²) in [5.74, 6) is -1.77. The van der Waals surface area contributed by atoms with E-state index in [4.69, 9.17) is 50.3 Å². The third-order valence-electron chi connectivity index (χ3n) is 22.1. The van der Waals surface area contributed by atoms with Crippen LogP contribution in [0.25, 0.3) is 137 Å². The van der Waals surface area contributed by atoms with Crippen molar-refractivity contribution in [3.8, 4) is 33.8 Å². The van der Waals surface area contributed by atoms with Gasteiger partial charge >= 0.3 is 5.97 Å². The first-order valence-corrected chi connectivity index (χ1v) is 41.6. The number of aliphatic hydroxyl groups excluding tert-OH is 2. The van der Waals surface area contributed by atoms with Gasteiger partial charge in [-0.2, -0.15) is 0 Å². The molecule has 17 rings (SSSR count). The number of aliphatic hydroxyl groups is 2. The molecule has 4 aromatic heterocycles. The molecule has 5 heterocycles. The van der Waals surface area contributed by atoms with Gasteiger partial charge < -0.3 is 50.2 Å². The van der Waals surface area contributed by atoms with Crippen molar-refractivity contribution < 1.29 is 99.8 Å². The molecule has 16 aromatic rings. The molecule has 16 nitrogen and oxygen atoms in total. The minimum atomic E-state index is -0.990. The Hall–Kier alpha value is -9.94. The fourth-order valence-electron chi connectivity index (χ4n) is 14.5. The molecule has 4 N–H and O–H groups in total. The third-order valence-corrected chi connectivity index (χ3v) is 22.1. The van der Waals surface area contributed by atoms with Gasteiger partial charge in [-0.15, -0.1) is 94.0 Å². The van der Waals surface area contributed by atoms with Crippen LogP contribution in [0.3, 0.4) is 0 Å². The zero-order valence-corrected chi connectivity index (χ0v) is 82.1. The third kappa shape index (κ3) is 23.7. The van der Waals surface area contributed by atoms with Crippen molar-refractivity contribution in [2.45, 2.75) is 195 Å². The van der Waals surface area contributed by atoms with Gasteiger partial charge in [0.05, 0.1) is 33.6 Å². The second kappa shape index (κ2) is 41.2. The van der Waals surface area contributed by atoms with Crippen LogP contribution in [0.4, 0.5) is 0 Å². The van der Waals surface area contributed by atoms with Gasteiger partial charge in [0.25, 0.3) is 5.97 Å². The zero-order chi connectivity index (χ0) is 88.0. The number of pyridine rings is 1. The Morgan fingerprint density at radius 2 is 0.680 bits per heavy atom. The van der Waals surface area contributed by atoms with Crippen LogP contribution in [0.1, 0.15) is 188 Å². The maximum Gasteiger partial charge on any atom is 0.354 e. The monoisotopic (exact) mass is 2200 g/mol. The predicted molar refractivity (Wildman–Crippen MR) is 499 cm³/mol. The molecule has 1 aliphatic rings. The molecule has 12 aromatic carbocycles. The molecular weight excluding hydrogens is 2090 g/mol. The van der Waals surface area contributed by atoms with Crippen molar-refractivity contribution >= 4 is 110 Å². The van der Waals surface area contributed by atoms with Crippen LogP contribution in [0, 0.1) is 18.2 Å². The number of carboxylic acids is 2. The van der Waals surface area contributed by atoms with Crippen LogP contribution in [0.2, 0.25) is 0 Å². The van der Waals surface area contributed by atoms with Crippen LogP contribution in [-0.4, -0.2) is 107 Å². The van der Waals surface area contributed by atoms with Crippen molar-refractivity contribution in [3.63, 3.8) is 0 Å². The number of fused-ring (bicyclic) bond motifs is 18. The molecule has 1 aliphatic heterocycles. The molecule has 3 unspecified atom stereocenters. The van der Waals surface area contributed by atoms with Gasteiger partial charge in [-0.05, 0) is 83.5 Å². The quantitative estimate of drug-likeness (QED) is 0.0597. The Morgan fingerprint density at radius 1 is 0.384 bits per heavy atom. The van der Waals surface area contributed by atoms with Crippen LogP contribution in [0.15, 0.2) is 225 Å². The van der Waals surface area contributed by atoms with Gasteiger partial charge in [0.15, 0.2) is 12.6 Å². The number of hydrogen-bond acceptors (Lipinski definition) is 13. The van der Waals surface area contributed by atoms with E-state index in [9.17, 15) is 9.59 Å². The Balaban J connectivity index is 0.000000183. The van der Waals surface area contributed by atoms with Crippen LogP contribution >= 0.6 is 0 Å². The number of carboxylic acid groups (broad SMARTS) is 2. The molecule has 19 heteroatoms. The summed E-state index contributed by atoms with van der Waals surface area (Å²) >= 11 is 0. The van der Waals surface area contributed by atoms with Crippen LogP contribution in [0.5, 0.6) is 0 Å². The van der Waals surface area contributed by atoms with Crippen molar-refractivity contribution in [2.75, 3.05) is 20.8 Å². The van der Waals surface area contributed by atoms with E-state index < -0.39 is 30.6 Å². The molecule has 0 bridgehead atoms. The number of nitrogens with zero attached hydrogens (tertiary/aromatic N) is 8. The maximum absolute atomic E-state index is 10.1. The van der Waals surface area contributed by atoms with Crippen molar-refractivity contribution in [1.82, 2.24) is 34.9 Å². The SMILES string of the molecule is CC(C)(C)c1c[c-]c2c(c1)c1cc(C(C)(C)C)ccc1c1nc(-c3ccccc3)cnc21.CC(C)(C)c1c[c-]c2c(c1)c1cc(C(C)(C)C)ccc1c1nc(-c3ccccc3)cnc21.CC(C)(C)c1c[c-]c2c(c1)c1cc(C(C)(C)C)ccc1c1nc(-c3ccccc3)cnc21.COC(O)CC(O)OC.O=C(O)C1CCC[N-]1.O=C(O)c1ccccn1.[Ir].[Ir].[Ir]. The fraction of sp³-hybridized carbons (Fsp3) is 0.311. The van der Waals surface area contributed by atoms with E-state index in [2.05, 4.69) is 290 Å². The number of aromatic nitrogens is 7. The summed E-state index contributed by atoms with van der Waals surface area (Å²) in [6.07, 6.45) is 6.97. The van der Waals surface area contributed by atoms with Gasteiger partial charge in [0.2, 0.25) is 0 Å². The molecule has 125 heavy (non-hydrogen) atoms. The summed E-state index contributed by atoms with van der Waals surface area (Å²) in [6.45, 7) is 41.3. The molecule has 655 valence electrons. The van der Waals surface area contributed by atoms with E-state index in [1.54, 1.807) is 12.1 Å². The largest absolute Gasteiger partial charge is 0.650 e. The summed E-state index contributed by atoms with van der Waals surface area (Å²) in [5, 5.41) is 51.7. The Kier molecular flexibility index (Phi) is 32.6. The number of aromatic carboxylic acids is 1. The molecule has 0 spiro atoms. The molecule has 1 fully saturated rings. The van der Waals surface area contributed by atoms with Crippen molar-refractivity contribution in [2.24, 2.45) is 0 Å². The van der Waals surface area contributed by atoms with Gasteiger partial charge in [0, 0.05) is 139 Å². The van der Waals surface area contributed by atoms with E-state index in [0.717, 1.165) is 119 Å². The van der Waals surface area contributed by atoms with Crippen LogP contribution < -0.4 is 0 Å². The number of hydrogen-bond donors (Lipinski definition) is 4. The summed E-state index contributed by atoms with van der Waals surface area (Å²) in [6, 6.07) is 79.6. The van der Waals surface area contributed by atoms with Crippen molar-refractivity contribution in [3.05, 3.63) is 288 Å². The molecular formula is C106H112Ir3N8O8-4. The average molecular weight is 2200 g/mol. The molecule has 0 aliphatic carbocycles. The first kappa shape index (κ1) is 98.8. The Labute approximate surface area is 775 Å². The van der Waals surface area contributed by atoms with E-state index >= 15 is 0 Å².